The molecule has 3 nitrogen and oxygen atoms in total. The number of ether oxygens (including phenoxy) is 1. The maximum atomic E-state index is 9.06. The Hall–Kier alpha value is -0.120. The summed E-state index contributed by atoms with van der Waals surface area (Å²) in [5.74, 6) is 0. The number of nitrogens with one attached hydrogen (secondary N) is 1. The van der Waals surface area contributed by atoms with Gasteiger partial charge in [0.2, 0.25) is 0 Å². The molecule has 0 heterocycles. The van der Waals surface area contributed by atoms with E-state index in [1.165, 1.54) is 25.7 Å². The fourth-order valence-corrected chi connectivity index (χ4v) is 1.42. The van der Waals surface area contributed by atoms with Crippen molar-refractivity contribution >= 4 is 0 Å². The number of hydrogen-bond acceptors (Lipinski definition) is 3. The number of hydrogen-bond donors (Lipinski definition) is 2. The molecule has 1 unspecified atom stereocenters. The van der Waals surface area contributed by atoms with Crippen LogP contribution in [0.5, 0.6) is 0 Å². The van der Waals surface area contributed by atoms with Crippen LogP contribution in [0.2, 0.25) is 0 Å². The molecule has 3 heteroatoms. The average Bonchev–Trinajstić information content (AvgIpc) is 2.99. The quantitative estimate of drug-likeness (QED) is 0.553. The highest BCUT2D eigenvalue weighted by atomic mass is 16.5. The molecule has 0 aromatic heterocycles. The molecular formula is C11H23NO2. The molecule has 84 valence electrons. The summed E-state index contributed by atoms with van der Waals surface area (Å²) >= 11 is 0. The predicted octanol–water partition coefficient (Wildman–Crippen LogP) is 1.31. The lowest BCUT2D eigenvalue weighted by atomic mass is 10.3. The van der Waals surface area contributed by atoms with Gasteiger partial charge in [-0.1, -0.05) is 19.8 Å². The summed E-state index contributed by atoms with van der Waals surface area (Å²) in [6.07, 6.45) is 6.11. The van der Waals surface area contributed by atoms with Gasteiger partial charge in [0.1, 0.15) is 0 Å². The van der Waals surface area contributed by atoms with Crippen LogP contribution in [0.4, 0.5) is 0 Å². The van der Waals surface area contributed by atoms with Gasteiger partial charge in [-0.2, -0.15) is 0 Å². The number of rotatable bonds is 9. The second kappa shape index (κ2) is 7.21. The second-order valence-electron chi connectivity index (χ2n) is 4.10. The third-order valence-corrected chi connectivity index (χ3v) is 2.48. The zero-order valence-corrected chi connectivity index (χ0v) is 9.17. The monoisotopic (exact) mass is 201 g/mol. The molecular weight excluding hydrogens is 178 g/mol. The SMILES string of the molecule is CCCCCOCC(CO)NC1CC1. The van der Waals surface area contributed by atoms with Crippen LogP contribution in [-0.4, -0.2) is 37.0 Å². The van der Waals surface area contributed by atoms with Crippen molar-refractivity contribution < 1.29 is 9.84 Å². The minimum absolute atomic E-state index is 0.143. The van der Waals surface area contributed by atoms with Crippen LogP contribution in [0, 0.1) is 0 Å². The Labute approximate surface area is 86.8 Å². The van der Waals surface area contributed by atoms with Gasteiger partial charge in [0, 0.05) is 12.6 Å². The van der Waals surface area contributed by atoms with E-state index in [-0.39, 0.29) is 12.6 Å². The average molecular weight is 201 g/mol. The summed E-state index contributed by atoms with van der Waals surface area (Å²) in [6.45, 7) is 3.85. The standard InChI is InChI=1S/C11H23NO2/c1-2-3-4-7-14-9-11(8-13)12-10-5-6-10/h10-13H,2-9H2,1H3. The van der Waals surface area contributed by atoms with Gasteiger partial charge in [0.05, 0.1) is 19.3 Å². The Bertz CT molecular complexity index is 137. The highest BCUT2D eigenvalue weighted by Crippen LogP contribution is 2.19. The summed E-state index contributed by atoms with van der Waals surface area (Å²) in [4.78, 5) is 0. The van der Waals surface area contributed by atoms with E-state index in [0.717, 1.165) is 13.0 Å². The van der Waals surface area contributed by atoms with Crippen molar-refractivity contribution in [2.24, 2.45) is 0 Å². The largest absolute Gasteiger partial charge is 0.395 e. The second-order valence-corrected chi connectivity index (χ2v) is 4.10. The molecule has 0 radical (unpaired) electrons. The lowest BCUT2D eigenvalue weighted by Gasteiger charge is -2.15. The lowest BCUT2D eigenvalue weighted by Crippen LogP contribution is -2.38. The van der Waals surface area contributed by atoms with Crippen LogP contribution in [0.3, 0.4) is 0 Å². The Morgan fingerprint density at radius 1 is 1.43 bits per heavy atom. The fraction of sp³-hybridized carbons (Fsp3) is 1.00. The van der Waals surface area contributed by atoms with E-state index in [0.29, 0.717) is 12.6 Å². The molecule has 1 saturated carbocycles. The molecule has 14 heavy (non-hydrogen) atoms. The molecule has 0 aliphatic heterocycles. The first kappa shape index (κ1) is 12.0. The summed E-state index contributed by atoms with van der Waals surface area (Å²) in [5.41, 5.74) is 0. The third-order valence-electron chi connectivity index (χ3n) is 2.48. The van der Waals surface area contributed by atoms with Crippen molar-refractivity contribution in [1.82, 2.24) is 5.32 Å². The van der Waals surface area contributed by atoms with Crippen LogP contribution in [0.25, 0.3) is 0 Å². The summed E-state index contributed by atoms with van der Waals surface area (Å²) < 4.78 is 5.49. The molecule has 1 aliphatic rings. The molecule has 0 spiro atoms. The highest BCUT2D eigenvalue weighted by molar-refractivity contribution is 4.84. The van der Waals surface area contributed by atoms with Gasteiger partial charge in [-0.3, -0.25) is 0 Å². The summed E-state index contributed by atoms with van der Waals surface area (Å²) in [5, 5.41) is 12.4. The molecule has 0 aromatic rings. The maximum Gasteiger partial charge on any atom is 0.0642 e. The van der Waals surface area contributed by atoms with E-state index in [1.54, 1.807) is 0 Å². The van der Waals surface area contributed by atoms with Gasteiger partial charge in [0.25, 0.3) is 0 Å². The topological polar surface area (TPSA) is 41.5 Å². The van der Waals surface area contributed by atoms with E-state index in [1.807, 2.05) is 0 Å². The maximum absolute atomic E-state index is 9.06. The van der Waals surface area contributed by atoms with Gasteiger partial charge in [-0.25, -0.2) is 0 Å². The normalized spacial score (nSPS) is 18.4. The van der Waals surface area contributed by atoms with Crippen molar-refractivity contribution in [2.45, 2.75) is 51.1 Å². The molecule has 2 N–H and O–H groups in total. The van der Waals surface area contributed by atoms with Crippen LogP contribution in [-0.2, 0) is 4.74 Å². The molecule has 0 amide bonds. The summed E-state index contributed by atoms with van der Waals surface area (Å²) in [6, 6.07) is 0.788. The molecule has 1 rings (SSSR count). The van der Waals surface area contributed by atoms with Gasteiger partial charge in [-0.05, 0) is 19.3 Å². The van der Waals surface area contributed by atoms with Gasteiger partial charge < -0.3 is 15.2 Å². The zero-order chi connectivity index (χ0) is 10.2. The van der Waals surface area contributed by atoms with E-state index < -0.39 is 0 Å². The smallest absolute Gasteiger partial charge is 0.0642 e. The van der Waals surface area contributed by atoms with E-state index in [4.69, 9.17) is 9.84 Å². The number of unbranched alkanes of at least 4 members (excludes halogenated alkanes) is 2. The molecule has 1 aliphatic carbocycles. The van der Waals surface area contributed by atoms with Crippen LogP contribution >= 0.6 is 0 Å². The first-order chi connectivity index (χ1) is 6.86. The first-order valence-electron chi connectivity index (χ1n) is 5.81. The lowest BCUT2D eigenvalue weighted by molar-refractivity contribution is 0.0856. The van der Waals surface area contributed by atoms with E-state index >= 15 is 0 Å². The zero-order valence-electron chi connectivity index (χ0n) is 9.17. The van der Waals surface area contributed by atoms with Crippen molar-refractivity contribution in [3.05, 3.63) is 0 Å². The molecule has 0 aromatic carbocycles. The van der Waals surface area contributed by atoms with Crippen LogP contribution in [0.15, 0.2) is 0 Å². The fourth-order valence-electron chi connectivity index (χ4n) is 1.42. The van der Waals surface area contributed by atoms with E-state index in [2.05, 4.69) is 12.2 Å². The first-order valence-corrected chi connectivity index (χ1v) is 5.81. The molecule has 1 fully saturated rings. The minimum atomic E-state index is 0.143. The Morgan fingerprint density at radius 3 is 2.79 bits per heavy atom. The minimum Gasteiger partial charge on any atom is -0.395 e. The van der Waals surface area contributed by atoms with Crippen LogP contribution in [0.1, 0.15) is 39.0 Å². The molecule has 1 atom stereocenters. The van der Waals surface area contributed by atoms with Crippen molar-refractivity contribution in [3.63, 3.8) is 0 Å². The molecule has 0 bridgehead atoms. The van der Waals surface area contributed by atoms with Crippen molar-refractivity contribution in [1.29, 1.82) is 0 Å². The van der Waals surface area contributed by atoms with E-state index in [9.17, 15) is 0 Å². The Balaban J connectivity index is 1.90. The molecule has 0 saturated heterocycles. The predicted molar refractivity (Wildman–Crippen MR) is 57.4 cm³/mol. The number of aliphatic hydroxyl groups excluding tert-OH is 1. The Morgan fingerprint density at radius 2 is 2.21 bits per heavy atom. The van der Waals surface area contributed by atoms with Crippen LogP contribution < -0.4 is 5.32 Å². The number of aliphatic hydroxyl groups is 1. The highest BCUT2D eigenvalue weighted by Gasteiger charge is 2.24. The Kier molecular flexibility index (Phi) is 6.15. The van der Waals surface area contributed by atoms with Gasteiger partial charge >= 0.3 is 0 Å². The van der Waals surface area contributed by atoms with Gasteiger partial charge in [0.15, 0.2) is 0 Å². The van der Waals surface area contributed by atoms with Gasteiger partial charge in [-0.15, -0.1) is 0 Å². The van der Waals surface area contributed by atoms with Crippen molar-refractivity contribution in [2.75, 3.05) is 19.8 Å². The summed E-state index contributed by atoms with van der Waals surface area (Å²) in [7, 11) is 0. The third kappa shape index (κ3) is 5.58. The van der Waals surface area contributed by atoms with Crippen molar-refractivity contribution in [3.8, 4) is 0 Å².